The number of nitriles is 2. The Morgan fingerprint density at radius 1 is 0.730 bits per heavy atom. The number of ketones is 1. The monoisotopic (exact) mass is 859 g/mol. The molecule has 0 fully saturated rings. The van der Waals surface area contributed by atoms with E-state index in [0.29, 0.717) is 48.5 Å². The average molecular weight is 860 g/mol. The van der Waals surface area contributed by atoms with Crippen molar-refractivity contribution >= 4 is 35.0 Å². The van der Waals surface area contributed by atoms with Crippen LogP contribution >= 0.6 is 0 Å². The van der Waals surface area contributed by atoms with E-state index in [0.717, 1.165) is 33.6 Å². The van der Waals surface area contributed by atoms with Crippen molar-refractivity contribution in [2.75, 3.05) is 51.3 Å². The fraction of sp³-hybridized carbons (Fsp3) is 0.302. The van der Waals surface area contributed by atoms with E-state index in [-0.39, 0.29) is 37.6 Å². The minimum absolute atomic E-state index is 0.00828. The molecule has 2 atom stereocenters. The van der Waals surface area contributed by atoms with Crippen LogP contribution in [0.2, 0.25) is 0 Å². The van der Waals surface area contributed by atoms with Crippen LogP contribution in [0.5, 0.6) is 0 Å². The first-order valence-electron chi connectivity index (χ1n) is 19.4. The van der Waals surface area contributed by atoms with E-state index in [1.165, 1.54) is 14.2 Å². The van der Waals surface area contributed by atoms with Crippen molar-refractivity contribution in [3.63, 3.8) is 0 Å². The number of nitrogens with two attached hydrogens (primary N) is 1. The van der Waals surface area contributed by atoms with Crippen LogP contribution in [-0.4, -0.2) is 113 Å². The maximum absolute atomic E-state index is 12.4. The van der Waals surface area contributed by atoms with Crippen molar-refractivity contribution in [2.24, 2.45) is 11.7 Å². The first-order valence-corrected chi connectivity index (χ1v) is 19.4. The summed E-state index contributed by atoms with van der Waals surface area (Å²) in [6.45, 7) is 5.20. The Labute approximate surface area is 363 Å². The fourth-order valence-corrected chi connectivity index (χ4v) is 5.64. The van der Waals surface area contributed by atoms with Gasteiger partial charge in [0, 0.05) is 62.1 Å². The predicted octanol–water partition coefficient (Wildman–Crippen LogP) is 4.31. The molecule has 6 rings (SSSR count). The number of ether oxygens (including phenoxy) is 2. The summed E-state index contributed by atoms with van der Waals surface area (Å²) in [5.74, 6) is -0.700. The lowest BCUT2D eigenvalue weighted by atomic mass is 9.98. The maximum atomic E-state index is 12.4. The van der Waals surface area contributed by atoms with E-state index in [1.807, 2.05) is 32.0 Å². The number of methoxy groups -OCH3 is 2. The lowest BCUT2D eigenvalue weighted by molar-refractivity contribution is 0.0696. The summed E-state index contributed by atoms with van der Waals surface area (Å²) in [5.41, 5.74) is 12.2. The lowest BCUT2D eigenvalue weighted by Crippen LogP contribution is -2.22. The number of hydrogen-bond acceptors (Lipinski definition) is 17. The third kappa shape index (κ3) is 14.9. The highest BCUT2D eigenvalue weighted by molar-refractivity contribution is 5.96. The van der Waals surface area contributed by atoms with Crippen LogP contribution in [0.1, 0.15) is 38.3 Å². The molecule has 0 aliphatic heterocycles. The van der Waals surface area contributed by atoms with Gasteiger partial charge in [0.25, 0.3) is 0 Å². The molecule has 6 aromatic rings. The zero-order valence-corrected chi connectivity index (χ0v) is 35.2. The number of anilines is 4. The zero-order chi connectivity index (χ0) is 45.7. The third-order valence-electron chi connectivity index (χ3n) is 8.76. The van der Waals surface area contributed by atoms with E-state index in [4.69, 9.17) is 36.3 Å². The number of aromatic carboxylic acids is 1. The van der Waals surface area contributed by atoms with E-state index < -0.39 is 17.9 Å². The molecule has 0 radical (unpaired) electrons. The highest BCUT2D eigenvalue weighted by Crippen LogP contribution is 2.25. The second-order valence-corrected chi connectivity index (χ2v) is 13.7. The minimum atomic E-state index is -0.965. The van der Waals surface area contributed by atoms with Gasteiger partial charge in [0.15, 0.2) is 5.78 Å². The average Bonchev–Trinajstić information content (AvgIpc) is 3.94. The number of carboxylic acids is 1. The van der Waals surface area contributed by atoms with Crippen molar-refractivity contribution in [1.82, 2.24) is 39.5 Å². The number of rotatable bonds is 18. The first-order chi connectivity index (χ1) is 30.4. The topological polar surface area (TPSA) is 298 Å². The molecule has 0 bridgehead atoms. The number of Topliss-reactive ketones (excluding diaryl/α,β-unsaturated/α-hetero) is 1. The van der Waals surface area contributed by atoms with Gasteiger partial charge in [-0.15, -0.1) is 0 Å². The van der Waals surface area contributed by atoms with Crippen molar-refractivity contribution in [3.05, 3.63) is 108 Å². The number of nitrogens with one attached hydrogen (secondary N) is 2. The van der Waals surface area contributed by atoms with Crippen LogP contribution in [-0.2, 0) is 22.6 Å². The quantitative estimate of drug-likeness (QED) is 0.0656. The summed E-state index contributed by atoms with van der Waals surface area (Å²) >= 11 is 0. The van der Waals surface area contributed by atoms with Crippen molar-refractivity contribution in [2.45, 2.75) is 39.4 Å². The molecule has 4 aromatic heterocycles. The maximum Gasteiger partial charge on any atom is 0.335 e. The normalized spacial score (nSPS) is 11.4. The minimum Gasteiger partial charge on any atom is -0.478 e. The van der Waals surface area contributed by atoms with E-state index >= 15 is 0 Å². The molecule has 0 amide bonds. The molecule has 328 valence electrons. The summed E-state index contributed by atoms with van der Waals surface area (Å²) in [5, 5.41) is 58.5. The number of aliphatic hydroxyl groups excluding tert-OH is 2. The number of nitrogens with zero attached hydrogens (tertiary/aromatic N) is 10. The number of aryl methyl sites for hydroxylation is 2. The van der Waals surface area contributed by atoms with Crippen LogP contribution in [0.4, 0.5) is 23.3 Å². The molecule has 63 heavy (non-hydrogen) atoms. The lowest BCUT2D eigenvalue weighted by Gasteiger charge is -2.10. The van der Waals surface area contributed by atoms with Crippen LogP contribution in [0.3, 0.4) is 0 Å². The number of carboxylic acid groups (broad SMARTS) is 1. The van der Waals surface area contributed by atoms with Crippen molar-refractivity contribution in [3.8, 4) is 34.7 Å². The molecular formula is C43H49N13O7. The van der Waals surface area contributed by atoms with Gasteiger partial charge in [0.2, 0.25) is 11.9 Å². The summed E-state index contributed by atoms with van der Waals surface area (Å²) in [6, 6.07) is 17.1. The zero-order valence-electron chi connectivity index (χ0n) is 35.2. The SMILES string of the molecule is COC[C@@H](C#N)CC(=O)c1ccc(-c2nc(Nc3cnn(CCO)c3)ncc2C)cc1.COC[C@H](N)C#N.Cc1cnc(Nc2cnn(CCO)c2)nc1-c1ccc(C(=O)O)cc1. The van der Waals surface area contributed by atoms with Gasteiger partial charge in [-0.3, -0.25) is 14.2 Å². The molecule has 0 saturated heterocycles. The molecule has 2 aromatic carbocycles. The Morgan fingerprint density at radius 2 is 1.19 bits per heavy atom. The number of carbonyl (C=O) groups is 2. The Bertz CT molecular complexity index is 2480. The predicted molar refractivity (Wildman–Crippen MR) is 232 cm³/mol. The van der Waals surface area contributed by atoms with Gasteiger partial charge in [0.05, 0.1) is 98.3 Å². The molecule has 0 aliphatic rings. The highest BCUT2D eigenvalue weighted by atomic mass is 16.5. The van der Waals surface area contributed by atoms with Gasteiger partial charge in [-0.25, -0.2) is 24.7 Å². The molecule has 0 unspecified atom stereocenters. The van der Waals surface area contributed by atoms with Gasteiger partial charge in [-0.1, -0.05) is 36.4 Å². The van der Waals surface area contributed by atoms with Crippen LogP contribution in [0.25, 0.3) is 22.5 Å². The van der Waals surface area contributed by atoms with E-state index in [9.17, 15) is 9.59 Å². The van der Waals surface area contributed by atoms with Crippen LogP contribution < -0.4 is 16.4 Å². The molecule has 4 heterocycles. The largest absolute Gasteiger partial charge is 0.478 e. The van der Waals surface area contributed by atoms with Crippen LogP contribution in [0.15, 0.2) is 85.7 Å². The Kier molecular flexibility index (Phi) is 18.9. The second kappa shape index (κ2) is 24.7. The molecule has 0 saturated carbocycles. The molecule has 0 spiro atoms. The van der Waals surface area contributed by atoms with Gasteiger partial charge in [0.1, 0.15) is 6.04 Å². The summed E-state index contributed by atoms with van der Waals surface area (Å²) in [6.07, 6.45) is 10.3. The van der Waals surface area contributed by atoms with Gasteiger partial charge < -0.3 is 41.2 Å². The van der Waals surface area contributed by atoms with E-state index in [2.05, 4.69) is 51.6 Å². The number of benzene rings is 2. The number of carbonyl (C=O) groups excluding carboxylic acids is 1. The van der Waals surface area contributed by atoms with E-state index in [1.54, 1.807) is 82.9 Å². The molecule has 0 aliphatic carbocycles. The standard InChI is InChI=1S/C22H24N6O3.C17H17N5O3.C4H8N2O/c1-15-11-24-22(26-19-12-25-28(13-19)7-8-29)27-21(15)18-5-3-17(4-6-18)20(30)9-16(10-23)14-31-2;1-11-8-18-17(20-14-9-19-22(10-14)6-7-23)21-15(11)12-2-4-13(5-3-12)16(24)25;1-7-3-4(6)2-5/h3-6,11-13,16,29H,7-9,14H2,1-2H3,(H,24,26,27);2-5,8-10,23H,6-7H2,1H3,(H,24,25)(H,18,20,21);4H,3,6H2,1H3/t16-;;4-/m1.1/s1. The number of hydrogen-bond donors (Lipinski definition) is 6. The Hall–Kier alpha value is -7.46. The summed E-state index contributed by atoms with van der Waals surface area (Å²) in [4.78, 5) is 41.1. The van der Waals surface area contributed by atoms with Crippen molar-refractivity contribution < 1.29 is 34.4 Å². The third-order valence-corrected chi connectivity index (χ3v) is 8.76. The first kappa shape index (κ1) is 48.2. The van der Waals surface area contributed by atoms with Gasteiger partial charge in [-0.05, 0) is 37.1 Å². The van der Waals surface area contributed by atoms with Gasteiger partial charge in [-0.2, -0.15) is 20.7 Å². The molecular weight excluding hydrogens is 811 g/mol. The highest BCUT2D eigenvalue weighted by Gasteiger charge is 2.16. The number of aromatic nitrogens is 8. The fourth-order valence-electron chi connectivity index (χ4n) is 5.64. The second-order valence-electron chi connectivity index (χ2n) is 13.7. The number of aliphatic hydroxyl groups is 2. The van der Waals surface area contributed by atoms with Crippen LogP contribution in [0, 0.1) is 42.4 Å². The summed E-state index contributed by atoms with van der Waals surface area (Å²) < 4.78 is 12.8. The Morgan fingerprint density at radius 3 is 1.57 bits per heavy atom. The smallest absolute Gasteiger partial charge is 0.335 e. The van der Waals surface area contributed by atoms with Crippen molar-refractivity contribution in [1.29, 1.82) is 10.5 Å². The molecule has 20 nitrogen and oxygen atoms in total. The molecule has 20 heteroatoms. The molecule has 7 N–H and O–H groups in total. The van der Waals surface area contributed by atoms with Gasteiger partial charge >= 0.3 is 5.97 Å². The Balaban J connectivity index is 0.000000244. The summed E-state index contributed by atoms with van der Waals surface area (Å²) in [7, 11) is 3.02.